The van der Waals surface area contributed by atoms with E-state index in [1.807, 2.05) is 58.6 Å². The Hall–Kier alpha value is -4.69. The van der Waals surface area contributed by atoms with E-state index in [2.05, 4.69) is 5.16 Å². The molecule has 0 unspecified atom stereocenters. The number of amides is 1. The van der Waals surface area contributed by atoms with Gasteiger partial charge in [0.15, 0.2) is 17.3 Å². The molecule has 0 fully saturated rings. The van der Waals surface area contributed by atoms with Crippen molar-refractivity contribution in [1.29, 1.82) is 5.26 Å². The van der Waals surface area contributed by atoms with Crippen molar-refractivity contribution in [3.8, 4) is 23.3 Å². The summed E-state index contributed by atoms with van der Waals surface area (Å²) in [5.74, 6) is 1.73. The van der Waals surface area contributed by atoms with Crippen molar-refractivity contribution in [1.82, 2.24) is 24.2 Å². The first-order chi connectivity index (χ1) is 18.9. The highest BCUT2D eigenvalue weighted by Gasteiger charge is 2.28. The second kappa shape index (κ2) is 9.56. The topological polar surface area (TPSA) is 128 Å². The fourth-order valence-electron chi connectivity index (χ4n) is 5.35. The summed E-state index contributed by atoms with van der Waals surface area (Å²) in [5, 5.41) is 14.0. The summed E-state index contributed by atoms with van der Waals surface area (Å²) in [6.07, 6.45) is 0.653. The quantitative estimate of drug-likeness (QED) is 0.344. The van der Waals surface area contributed by atoms with Gasteiger partial charge in [-0.1, -0.05) is 17.3 Å². The zero-order chi connectivity index (χ0) is 27.3. The number of aromatic nitrogens is 4. The number of methoxy groups -OCH3 is 1. The number of carbonyl (C=O) groups is 1. The molecule has 1 amide bonds. The summed E-state index contributed by atoms with van der Waals surface area (Å²) in [6.45, 7) is 0.294. The Kier molecular flexibility index (Phi) is 6.04. The SMILES string of the molecule is COc1cccc2cc(-c3nc4cc5c(cc4n3C)CCN(C[C@H](N)CF)C5=O)n(Cc3cc(C#N)no3)c12. The zero-order valence-corrected chi connectivity index (χ0v) is 21.5. The number of nitrogens with zero attached hydrogens (tertiary/aromatic N) is 6. The lowest BCUT2D eigenvalue weighted by Crippen LogP contribution is -2.45. The number of ether oxygens (including phenoxy) is 1. The number of alkyl halides is 1. The molecule has 0 saturated carbocycles. The highest BCUT2D eigenvalue weighted by atomic mass is 19.1. The van der Waals surface area contributed by atoms with Crippen LogP contribution >= 0.6 is 0 Å². The zero-order valence-electron chi connectivity index (χ0n) is 21.5. The number of fused-ring (bicyclic) bond motifs is 3. The molecule has 10 nitrogen and oxygen atoms in total. The Bertz CT molecular complexity index is 1780. The highest BCUT2D eigenvalue weighted by Crippen LogP contribution is 2.36. The lowest BCUT2D eigenvalue weighted by atomic mass is 9.97. The van der Waals surface area contributed by atoms with Gasteiger partial charge in [-0.25, -0.2) is 9.37 Å². The molecule has 198 valence electrons. The van der Waals surface area contributed by atoms with Crippen LogP contribution < -0.4 is 10.5 Å². The number of hydrogen-bond acceptors (Lipinski definition) is 7. The second-order valence-electron chi connectivity index (χ2n) is 9.71. The predicted octanol–water partition coefficient (Wildman–Crippen LogP) is 3.41. The van der Waals surface area contributed by atoms with E-state index in [9.17, 15) is 14.4 Å². The largest absolute Gasteiger partial charge is 0.495 e. The van der Waals surface area contributed by atoms with E-state index >= 15 is 0 Å². The molecule has 2 N–H and O–H groups in total. The van der Waals surface area contributed by atoms with Gasteiger partial charge in [-0.2, -0.15) is 5.26 Å². The molecule has 39 heavy (non-hydrogen) atoms. The fraction of sp³-hybridized carbons (Fsp3) is 0.286. The average molecular weight is 528 g/mol. The molecule has 0 radical (unpaired) electrons. The maximum absolute atomic E-state index is 13.2. The van der Waals surface area contributed by atoms with Gasteiger partial charge in [-0.05, 0) is 36.2 Å². The molecule has 0 spiro atoms. The summed E-state index contributed by atoms with van der Waals surface area (Å²) < 4.78 is 28.1. The first-order valence-electron chi connectivity index (χ1n) is 12.5. The Morgan fingerprint density at radius 3 is 2.87 bits per heavy atom. The Labute approximate surface area is 223 Å². The summed E-state index contributed by atoms with van der Waals surface area (Å²) in [7, 11) is 3.56. The van der Waals surface area contributed by atoms with Gasteiger partial charge in [-0.3, -0.25) is 4.79 Å². The van der Waals surface area contributed by atoms with Crippen LogP contribution in [0.15, 0.2) is 47.0 Å². The smallest absolute Gasteiger partial charge is 0.254 e. The molecule has 1 atom stereocenters. The number of hydrogen-bond donors (Lipinski definition) is 1. The highest BCUT2D eigenvalue weighted by molar-refractivity contribution is 6.01. The summed E-state index contributed by atoms with van der Waals surface area (Å²) in [4.78, 5) is 19.8. The van der Waals surface area contributed by atoms with Crippen LogP contribution in [0.5, 0.6) is 5.75 Å². The Balaban J connectivity index is 1.49. The van der Waals surface area contributed by atoms with Gasteiger partial charge in [0.25, 0.3) is 5.91 Å². The van der Waals surface area contributed by atoms with Crippen LogP contribution in [0.1, 0.15) is 27.4 Å². The molecule has 2 aromatic carbocycles. The van der Waals surface area contributed by atoms with Crippen LogP contribution in [0.2, 0.25) is 0 Å². The normalized spacial score (nSPS) is 14.1. The minimum absolute atomic E-state index is 0.160. The number of carbonyl (C=O) groups excluding carboxylic acids is 1. The van der Waals surface area contributed by atoms with Crippen LogP contribution in [0, 0.1) is 11.3 Å². The van der Waals surface area contributed by atoms with E-state index in [-0.39, 0.29) is 18.1 Å². The van der Waals surface area contributed by atoms with Crippen molar-refractivity contribution < 1.29 is 18.4 Å². The molecular formula is C28H26FN7O3. The van der Waals surface area contributed by atoms with Gasteiger partial charge in [-0.15, -0.1) is 0 Å². The van der Waals surface area contributed by atoms with Crippen molar-refractivity contribution in [3.63, 3.8) is 0 Å². The number of aryl methyl sites for hydroxylation is 1. The molecule has 0 saturated heterocycles. The maximum Gasteiger partial charge on any atom is 0.254 e. The van der Waals surface area contributed by atoms with Crippen LogP contribution in [0.4, 0.5) is 4.39 Å². The average Bonchev–Trinajstić information content (AvgIpc) is 3.65. The van der Waals surface area contributed by atoms with Crippen molar-refractivity contribution in [2.45, 2.75) is 19.0 Å². The summed E-state index contributed by atoms with van der Waals surface area (Å²) in [6, 6.07) is 14.6. The molecule has 6 rings (SSSR count). The number of benzene rings is 2. The standard InChI is InChI=1S/C28H26FN7O3/c1-34-23-8-16-6-7-35(14-18(31)12-29)28(37)21(16)11-22(23)32-27(34)24-9-17-4-3-5-25(38-2)26(17)36(24)15-20-10-19(13-30)33-39-20/h3-5,8-11,18H,6-7,12,14-15,31H2,1-2H3/t18-/m1/s1. The first-order valence-corrected chi connectivity index (χ1v) is 12.5. The first kappa shape index (κ1) is 24.6. The van der Waals surface area contributed by atoms with Crippen molar-refractivity contribution in [2.75, 3.05) is 26.9 Å². The molecule has 1 aliphatic heterocycles. The third-order valence-electron chi connectivity index (χ3n) is 7.25. The monoisotopic (exact) mass is 527 g/mol. The molecule has 11 heteroatoms. The van der Waals surface area contributed by atoms with Crippen LogP contribution in [-0.2, 0) is 20.0 Å². The van der Waals surface area contributed by atoms with E-state index in [0.717, 1.165) is 27.7 Å². The Morgan fingerprint density at radius 1 is 1.28 bits per heavy atom. The van der Waals surface area contributed by atoms with E-state index < -0.39 is 12.7 Å². The minimum Gasteiger partial charge on any atom is -0.495 e. The van der Waals surface area contributed by atoms with Crippen LogP contribution in [0.3, 0.4) is 0 Å². The third-order valence-corrected chi connectivity index (χ3v) is 7.25. The van der Waals surface area contributed by atoms with Gasteiger partial charge in [0, 0.05) is 37.2 Å². The van der Waals surface area contributed by atoms with Crippen LogP contribution in [-0.4, -0.2) is 63.0 Å². The van der Waals surface area contributed by atoms with Gasteiger partial charge in [0.1, 0.15) is 18.5 Å². The molecule has 0 bridgehead atoms. The molecule has 5 aromatic rings. The summed E-state index contributed by atoms with van der Waals surface area (Å²) in [5.41, 5.74) is 10.7. The molecule has 0 aliphatic carbocycles. The van der Waals surface area contributed by atoms with Gasteiger partial charge in [0.2, 0.25) is 0 Å². The molecular weight excluding hydrogens is 501 g/mol. The van der Waals surface area contributed by atoms with E-state index in [1.54, 1.807) is 18.1 Å². The molecule has 1 aliphatic rings. The number of imidazole rings is 1. The van der Waals surface area contributed by atoms with E-state index in [0.29, 0.717) is 47.9 Å². The second-order valence-corrected chi connectivity index (χ2v) is 9.71. The minimum atomic E-state index is -0.701. The lowest BCUT2D eigenvalue weighted by Gasteiger charge is -2.30. The van der Waals surface area contributed by atoms with Gasteiger partial charge < -0.3 is 29.0 Å². The number of nitriles is 1. The van der Waals surface area contributed by atoms with Crippen molar-refractivity contribution in [2.24, 2.45) is 12.8 Å². The van der Waals surface area contributed by atoms with Gasteiger partial charge in [0.05, 0.1) is 41.9 Å². The van der Waals surface area contributed by atoms with Crippen LogP contribution in [0.25, 0.3) is 33.5 Å². The number of halogens is 1. The van der Waals surface area contributed by atoms with Gasteiger partial charge >= 0.3 is 0 Å². The third kappa shape index (κ3) is 4.09. The summed E-state index contributed by atoms with van der Waals surface area (Å²) >= 11 is 0. The van der Waals surface area contributed by atoms with Crippen molar-refractivity contribution >= 4 is 27.8 Å². The fourth-order valence-corrected chi connectivity index (χ4v) is 5.35. The van der Waals surface area contributed by atoms with E-state index in [4.69, 9.17) is 20.0 Å². The maximum atomic E-state index is 13.2. The Morgan fingerprint density at radius 2 is 2.13 bits per heavy atom. The van der Waals surface area contributed by atoms with E-state index in [1.165, 1.54) is 0 Å². The predicted molar refractivity (Wildman–Crippen MR) is 142 cm³/mol. The lowest BCUT2D eigenvalue weighted by molar-refractivity contribution is 0.0725. The number of nitrogens with two attached hydrogens (primary N) is 1. The molecule has 3 aromatic heterocycles. The molecule has 4 heterocycles. The van der Waals surface area contributed by atoms with Crippen molar-refractivity contribution in [3.05, 3.63) is 65.0 Å². The number of rotatable bonds is 7. The number of para-hydroxylation sites is 1.